The van der Waals surface area contributed by atoms with E-state index in [1.54, 1.807) is 23.1 Å². The van der Waals surface area contributed by atoms with Gasteiger partial charge in [-0.05, 0) is 17.7 Å². The van der Waals surface area contributed by atoms with Gasteiger partial charge in [0.25, 0.3) is 5.91 Å². The predicted octanol–water partition coefficient (Wildman–Crippen LogP) is 3.69. The monoisotopic (exact) mass is 498 g/mol. The lowest BCUT2D eigenvalue weighted by atomic mass is 10.0. The highest BCUT2D eigenvalue weighted by Crippen LogP contribution is 2.36. The molecule has 35 heavy (non-hydrogen) atoms. The molecule has 5 rings (SSSR count). The highest BCUT2D eigenvalue weighted by atomic mass is 35.5. The second kappa shape index (κ2) is 9.83. The fraction of sp³-hybridized carbons (Fsp3) is 0.333. The van der Waals surface area contributed by atoms with Crippen molar-refractivity contribution in [3.05, 3.63) is 59.1 Å². The fourth-order valence-corrected chi connectivity index (χ4v) is 4.35. The number of fused-ring (bicyclic) bond motifs is 1. The van der Waals surface area contributed by atoms with E-state index in [-0.39, 0.29) is 35.6 Å². The van der Waals surface area contributed by atoms with Crippen molar-refractivity contribution < 1.29 is 28.2 Å². The second-order valence-corrected chi connectivity index (χ2v) is 8.69. The molecule has 0 bridgehead atoms. The van der Waals surface area contributed by atoms with Crippen LogP contribution < -0.4 is 14.8 Å². The van der Waals surface area contributed by atoms with Crippen LogP contribution in [0.5, 0.6) is 11.6 Å². The number of hydrogen-bond donors (Lipinski definition) is 1. The first-order chi connectivity index (χ1) is 17.0. The number of carbonyl (C=O) groups excluding carboxylic acids is 2. The number of methoxy groups -OCH3 is 1. The number of carbonyl (C=O) groups is 2. The molecule has 0 unspecified atom stereocenters. The molecule has 0 saturated carbocycles. The number of ether oxygens (including phenoxy) is 3. The molecule has 10 nitrogen and oxygen atoms in total. The summed E-state index contributed by atoms with van der Waals surface area (Å²) >= 11 is 5.94. The molecule has 2 amide bonds. The lowest BCUT2D eigenvalue weighted by Gasteiger charge is -2.32. The highest BCUT2D eigenvalue weighted by Gasteiger charge is 2.39. The molecule has 4 heterocycles. The zero-order valence-corrected chi connectivity index (χ0v) is 19.7. The molecule has 2 aromatic heterocycles. The van der Waals surface area contributed by atoms with Gasteiger partial charge in [-0.2, -0.15) is 0 Å². The summed E-state index contributed by atoms with van der Waals surface area (Å²) in [6.07, 6.45) is 3.53. The third kappa shape index (κ3) is 4.88. The van der Waals surface area contributed by atoms with E-state index in [4.69, 9.17) is 30.2 Å². The van der Waals surface area contributed by atoms with E-state index in [0.29, 0.717) is 54.8 Å². The van der Waals surface area contributed by atoms with Crippen LogP contribution >= 0.6 is 11.6 Å². The van der Waals surface area contributed by atoms with Gasteiger partial charge in [-0.1, -0.05) is 23.7 Å². The van der Waals surface area contributed by atoms with Crippen molar-refractivity contribution in [2.75, 3.05) is 20.3 Å². The van der Waals surface area contributed by atoms with Gasteiger partial charge in [0.1, 0.15) is 24.0 Å². The summed E-state index contributed by atoms with van der Waals surface area (Å²) in [6, 6.07) is 8.76. The van der Waals surface area contributed by atoms with Crippen LogP contribution in [0.25, 0.3) is 11.5 Å². The van der Waals surface area contributed by atoms with Gasteiger partial charge >= 0.3 is 6.09 Å². The Kier molecular flexibility index (Phi) is 6.45. The average Bonchev–Trinajstić information content (AvgIpc) is 3.53. The minimum atomic E-state index is -0.372. The topological polar surface area (TPSA) is 116 Å². The molecule has 1 N–H and O–H groups in total. The van der Waals surface area contributed by atoms with Gasteiger partial charge in [0, 0.05) is 37.0 Å². The summed E-state index contributed by atoms with van der Waals surface area (Å²) in [6.45, 7) is 1.17. The largest absolute Gasteiger partial charge is 0.488 e. The Balaban J connectivity index is 1.40. The second-order valence-electron chi connectivity index (χ2n) is 8.26. The van der Waals surface area contributed by atoms with Crippen LogP contribution in [0.3, 0.4) is 0 Å². The Bertz CT molecular complexity index is 1220. The molecule has 2 fully saturated rings. The molecule has 0 radical (unpaired) electrons. The molecular weight excluding hydrogens is 476 g/mol. The Hall–Kier alpha value is -3.79. The van der Waals surface area contributed by atoms with Crippen molar-refractivity contribution in [2.45, 2.75) is 31.5 Å². The van der Waals surface area contributed by atoms with Crippen LogP contribution in [-0.2, 0) is 11.3 Å². The first kappa shape index (κ1) is 23.0. The molecule has 2 atom stereocenters. The van der Waals surface area contributed by atoms with E-state index in [9.17, 15) is 9.59 Å². The van der Waals surface area contributed by atoms with Crippen molar-refractivity contribution in [3.8, 4) is 23.1 Å². The number of rotatable bonds is 7. The maximum atomic E-state index is 13.1. The van der Waals surface area contributed by atoms with E-state index < -0.39 is 0 Å². The van der Waals surface area contributed by atoms with Crippen molar-refractivity contribution in [1.82, 2.24) is 20.2 Å². The normalized spacial score (nSPS) is 19.1. The van der Waals surface area contributed by atoms with Gasteiger partial charge in [-0.25, -0.2) is 14.8 Å². The molecule has 1 aromatic carbocycles. The SMILES string of the molecule is COc1nc(-c2cnco2)c(O[C@H]2CCN3C(=O)OC[C@@H]3C2)cc1C(=O)NCc1ccc(Cl)cc1. The first-order valence-corrected chi connectivity index (χ1v) is 11.5. The van der Waals surface area contributed by atoms with E-state index >= 15 is 0 Å². The minimum absolute atomic E-state index is 0.0386. The Morgan fingerprint density at radius 2 is 2.14 bits per heavy atom. The third-order valence-corrected chi connectivity index (χ3v) is 6.27. The van der Waals surface area contributed by atoms with E-state index in [0.717, 1.165) is 5.56 Å². The zero-order chi connectivity index (χ0) is 24.4. The Morgan fingerprint density at radius 3 is 2.89 bits per heavy atom. The highest BCUT2D eigenvalue weighted by molar-refractivity contribution is 6.30. The molecule has 2 aliphatic heterocycles. The van der Waals surface area contributed by atoms with Gasteiger partial charge < -0.3 is 28.8 Å². The molecule has 11 heteroatoms. The zero-order valence-electron chi connectivity index (χ0n) is 18.9. The van der Waals surface area contributed by atoms with Crippen LogP contribution in [0.2, 0.25) is 5.02 Å². The van der Waals surface area contributed by atoms with Gasteiger partial charge in [0.15, 0.2) is 17.8 Å². The molecule has 0 aliphatic carbocycles. The first-order valence-electron chi connectivity index (χ1n) is 11.1. The number of nitrogens with zero attached hydrogens (tertiary/aromatic N) is 3. The summed E-state index contributed by atoms with van der Waals surface area (Å²) in [4.78, 5) is 35.1. The lowest BCUT2D eigenvalue weighted by molar-refractivity contribution is 0.0912. The summed E-state index contributed by atoms with van der Waals surface area (Å²) < 4.78 is 22.3. The number of nitrogens with one attached hydrogen (secondary N) is 1. The van der Waals surface area contributed by atoms with Crippen LogP contribution in [0.1, 0.15) is 28.8 Å². The van der Waals surface area contributed by atoms with Crippen molar-refractivity contribution in [3.63, 3.8) is 0 Å². The molecule has 0 spiro atoms. The maximum absolute atomic E-state index is 13.1. The average molecular weight is 499 g/mol. The van der Waals surface area contributed by atoms with E-state index in [2.05, 4.69) is 15.3 Å². The number of cyclic esters (lactones) is 1. The number of pyridine rings is 1. The standard InChI is InChI=1S/C24H23ClN4O6/c1-32-23-18(22(30)27-10-14-2-4-15(25)5-3-14)9-19(21(28-23)20-11-26-13-34-20)35-17-6-7-29-16(8-17)12-33-24(29)31/h2-5,9,11,13,16-17H,6-8,10,12H2,1H3,(H,27,30)/t16-,17-/m0/s1. The van der Waals surface area contributed by atoms with Crippen molar-refractivity contribution in [1.29, 1.82) is 0 Å². The minimum Gasteiger partial charge on any atom is -0.488 e. The lowest BCUT2D eigenvalue weighted by Crippen LogP contribution is -2.44. The number of benzene rings is 1. The van der Waals surface area contributed by atoms with Gasteiger partial charge in [0.05, 0.1) is 19.3 Å². The van der Waals surface area contributed by atoms with E-state index in [1.165, 1.54) is 19.7 Å². The summed E-state index contributed by atoms with van der Waals surface area (Å²) in [5, 5.41) is 3.50. The van der Waals surface area contributed by atoms with Gasteiger partial charge in [-0.15, -0.1) is 0 Å². The van der Waals surface area contributed by atoms with Gasteiger partial charge in [-0.3, -0.25) is 4.79 Å². The van der Waals surface area contributed by atoms with Gasteiger partial charge in [0.2, 0.25) is 5.88 Å². The number of oxazole rings is 1. The van der Waals surface area contributed by atoms with Crippen molar-refractivity contribution in [2.24, 2.45) is 0 Å². The molecule has 2 saturated heterocycles. The Labute approximate surface area is 206 Å². The van der Waals surface area contributed by atoms with Crippen LogP contribution in [0, 0.1) is 0 Å². The summed E-state index contributed by atoms with van der Waals surface area (Å²) in [7, 11) is 1.44. The number of hydrogen-bond acceptors (Lipinski definition) is 8. The number of aromatic nitrogens is 2. The Morgan fingerprint density at radius 1 is 1.31 bits per heavy atom. The fourth-order valence-electron chi connectivity index (χ4n) is 4.22. The number of amides is 2. The quantitative estimate of drug-likeness (QED) is 0.524. The van der Waals surface area contributed by atoms with Crippen LogP contribution in [0.4, 0.5) is 4.79 Å². The molecular formula is C24H23ClN4O6. The van der Waals surface area contributed by atoms with Crippen LogP contribution in [0.15, 0.2) is 47.3 Å². The third-order valence-electron chi connectivity index (χ3n) is 6.02. The maximum Gasteiger partial charge on any atom is 0.410 e. The van der Waals surface area contributed by atoms with Crippen LogP contribution in [-0.4, -0.2) is 59.3 Å². The smallest absolute Gasteiger partial charge is 0.410 e. The number of halogens is 1. The molecule has 2 aliphatic rings. The molecule has 182 valence electrons. The number of piperidine rings is 1. The summed E-state index contributed by atoms with van der Waals surface area (Å²) in [5.74, 6) is 0.496. The summed E-state index contributed by atoms with van der Waals surface area (Å²) in [5.41, 5.74) is 1.48. The van der Waals surface area contributed by atoms with Crippen molar-refractivity contribution >= 4 is 23.6 Å². The predicted molar refractivity (Wildman–Crippen MR) is 124 cm³/mol. The molecule has 3 aromatic rings. The van der Waals surface area contributed by atoms with E-state index in [1.807, 2.05) is 12.1 Å².